The van der Waals surface area contributed by atoms with Gasteiger partial charge in [-0.1, -0.05) is 16.9 Å². The van der Waals surface area contributed by atoms with E-state index in [0.29, 0.717) is 22.3 Å². The van der Waals surface area contributed by atoms with E-state index >= 15 is 0 Å². The number of aliphatic imine (C=N–C) groups is 1. The maximum absolute atomic E-state index is 13.1. The predicted molar refractivity (Wildman–Crippen MR) is 153 cm³/mol. The summed E-state index contributed by atoms with van der Waals surface area (Å²) in [6.07, 6.45) is 0. The number of carboxylic acid groups (broad SMARTS) is 1. The molecule has 42 heavy (non-hydrogen) atoms. The number of methoxy groups -OCH3 is 1. The second kappa shape index (κ2) is 13.5. The predicted octanol–water partition coefficient (Wildman–Crippen LogP) is -1.94. The summed E-state index contributed by atoms with van der Waals surface area (Å²) >= 11 is 3.76. The van der Waals surface area contributed by atoms with Crippen molar-refractivity contribution in [3.8, 4) is 17.1 Å². The van der Waals surface area contributed by atoms with Crippen LogP contribution < -0.4 is 45.1 Å². The zero-order valence-electron chi connectivity index (χ0n) is 22.9. The maximum atomic E-state index is 13.1. The monoisotopic (exact) mass is 638 g/mol. The number of fused-ring (bicyclic) bond motifs is 1. The van der Waals surface area contributed by atoms with E-state index in [9.17, 15) is 19.8 Å². The first-order chi connectivity index (χ1) is 19.7. The molecule has 214 valence electrons. The quantitative estimate of drug-likeness (QED) is 0.0624. The fourth-order valence-corrected chi connectivity index (χ4v) is 7.14. The van der Waals surface area contributed by atoms with Crippen molar-refractivity contribution in [3.63, 3.8) is 0 Å². The van der Waals surface area contributed by atoms with Gasteiger partial charge in [-0.3, -0.25) is 14.7 Å². The van der Waals surface area contributed by atoms with Crippen LogP contribution in [0, 0.1) is 0 Å². The van der Waals surface area contributed by atoms with Crippen LogP contribution in [0.5, 0.6) is 5.75 Å². The van der Waals surface area contributed by atoms with Crippen LogP contribution in [-0.4, -0.2) is 90.4 Å². The number of oxime groups is 1. The summed E-state index contributed by atoms with van der Waals surface area (Å²) in [6.45, 7) is 0. The number of ether oxygens (including phenoxy) is 1. The van der Waals surface area contributed by atoms with E-state index in [0.717, 1.165) is 22.6 Å². The summed E-state index contributed by atoms with van der Waals surface area (Å²) in [6, 6.07) is 6.33. The Labute approximate surface area is 274 Å². The summed E-state index contributed by atoms with van der Waals surface area (Å²) in [5, 5.41) is 36.8. The van der Waals surface area contributed by atoms with Gasteiger partial charge >= 0.3 is 35.5 Å². The Bertz CT molecular complexity index is 1590. The number of nitrogens with zero attached hydrogens (tertiary/aromatic N) is 7. The van der Waals surface area contributed by atoms with Gasteiger partial charge in [0.1, 0.15) is 35.3 Å². The number of thiazole rings is 1. The molecule has 0 radical (unpaired) electrons. The van der Waals surface area contributed by atoms with Gasteiger partial charge in [0.25, 0.3) is 5.91 Å². The maximum Gasteiger partial charge on any atom is 1.00 e. The first kappa shape index (κ1) is 31.8. The Balaban J connectivity index is 0.00000405. The number of β-lactam (4-membered cyclic amide) rings is 1. The second-order valence-electron chi connectivity index (χ2n) is 8.62. The smallest absolute Gasteiger partial charge is 0.857 e. The van der Waals surface area contributed by atoms with Crippen molar-refractivity contribution < 1.29 is 58.9 Å². The van der Waals surface area contributed by atoms with Crippen LogP contribution in [0.4, 0.5) is 5.13 Å². The number of amides is 1. The van der Waals surface area contributed by atoms with Crippen LogP contribution in [0.15, 0.2) is 56.2 Å². The van der Waals surface area contributed by atoms with Crippen molar-refractivity contribution in [2.75, 3.05) is 31.5 Å². The molecule has 0 aliphatic carbocycles. The number of carboxylic acids is 1. The minimum atomic E-state index is -1.24. The van der Waals surface area contributed by atoms with Crippen LogP contribution in [0.2, 0.25) is 0 Å². The number of aromatic nitrogens is 4. The zero-order valence-corrected chi connectivity index (χ0v) is 27.3. The molecule has 4 heterocycles. The van der Waals surface area contributed by atoms with E-state index in [2.05, 4.69) is 25.3 Å². The van der Waals surface area contributed by atoms with Gasteiger partial charge in [0.2, 0.25) is 0 Å². The van der Waals surface area contributed by atoms with Gasteiger partial charge in [-0.2, -0.15) is 0 Å². The molecule has 1 aromatic carbocycles. The molecule has 5 rings (SSSR count). The summed E-state index contributed by atoms with van der Waals surface area (Å²) in [7, 11) is 4.68. The van der Waals surface area contributed by atoms with E-state index < -0.39 is 29.2 Å². The van der Waals surface area contributed by atoms with Gasteiger partial charge in [0, 0.05) is 35.4 Å². The molecule has 14 nitrogen and oxygen atoms in total. The SMILES string of the molecule is CO/N=C(\C([O-])=N[C@@H]1C(=O)N2C(C(=O)O)=C(CSc3nnc(-c4ccc(OC)cc4)n3C)CS[C@H]12)c1csc(N)n1.[Na+]. The number of nitrogens with two attached hydrogens (primary N) is 1. The van der Waals surface area contributed by atoms with Crippen molar-refractivity contribution in [2.45, 2.75) is 16.6 Å². The van der Waals surface area contributed by atoms with Crippen LogP contribution in [0.3, 0.4) is 0 Å². The third-order valence-electron chi connectivity index (χ3n) is 6.19. The Kier molecular flexibility index (Phi) is 10.2. The van der Waals surface area contributed by atoms with Crippen LogP contribution in [0.25, 0.3) is 11.4 Å². The molecule has 2 aliphatic rings. The number of carbonyl (C=O) groups excluding carboxylic acids is 1. The number of rotatable bonds is 10. The van der Waals surface area contributed by atoms with Crippen LogP contribution in [-0.2, 0) is 21.5 Å². The van der Waals surface area contributed by atoms with Gasteiger partial charge in [0.15, 0.2) is 22.2 Å². The topological polar surface area (TPSA) is 193 Å². The van der Waals surface area contributed by atoms with Crippen LogP contribution >= 0.6 is 34.9 Å². The largest absolute Gasteiger partial charge is 1.00 e. The normalized spacial score (nSPS) is 18.7. The Hall–Kier alpha value is -3.09. The fraction of sp³-hybridized carbons (Fsp3) is 0.292. The molecule has 1 amide bonds. The molecule has 0 saturated carbocycles. The molecule has 0 spiro atoms. The number of carbonyl (C=O) groups is 2. The molecule has 1 saturated heterocycles. The minimum absolute atomic E-state index is 0. The number of anilines is 1. The number of nitrogen functional groups attached to an aromatic ring is 1. The molecule has 0 unspecified atom stereocenters. The average Bonchev–Trinajstić information content (AvgIpc) is 3.57. The third-order valence-corrected chi connectivity index (χ3v) is 9.29. The molecule has 2 aromatic heterocycles. The van der Waals surface area contributed by atoms with E-state index in [1.165, 1.54) is 40.9 Å². The summed E-state index contributed by atoms with van der Waals surface area (Å²) in [4.78, 5) is 39.3. The van der Waals surface area contributed by atoms with E-state index in [-0.39, 0.29) is 57.5 Å². The summed E-state index contributed by atoms with van der Waals surface area (Å²) in [5.41, 5.74) is 6.92. The Morgan fingerprint density at radius 1 is 1.29 bits per heavy atom. The van der Waals surface area contributed by atoms with Crippen molar-refractivity contribution in [2.24, 2.45) is 17.2 Å². The Morgan fingerprint density at radius 3 is 2.64 bits per heavy atom. The molecular weight excluding hydrogens is 616 g/mol. The first-order valence-electron chi connectivity index (χ1n) is 11.9. The van der Waals surface area contributed by atoms with Gasteiger partial charge in [-0.25, -0.2) is 9.78 Å². The molecule has 2 atom stereocenters. The third kappa shape index (κ3) is 6.16. The second-order valence-corrected chi connectivity index (χ2v) is 11.6. The molecule has 3 aromatic rings. The molecule has 2 aliphatic heterocycles. The van der Waals surface area contributed by atoms with Crippen molar-refractivity contribution in [1.29, 1.82) is 0 Å². The molecule has 1 fully saturated rings. The standard InChI is InChI=1S/C24H24N8O6S3.Na/c1-31-18(11-4-6-13(37-2)7-5-11)28-29-24(31)41-9-12-8-39-21-16(20(34)32(21)17(12)22(35)36)27-19(33)15(30-38-3)14-10-40-23(25)26-14;/h4-7,10,16,21H,8-9H2,1-3H3,(H2,25,26)(H,27,33)(H,35,36);/q;+1/p-1/b30-15-;/t16-,21-;/m1./s1. The molecule has 3 N–H and O–H groups in total. The van der Waals surface area contributed by atoms with Gasteiger partial charge in [0.05, 0.1) is 7.11 Å². The molecular formula is C24H23N8NaO6S3. The zero-order chi connectivity index (χ0) is 29.3. The average molecular weight is 639 g/mol. The number of benzene rings is 1. The minimum Gasteiger partial charge on any atom is -0.857 e. The van der Waals surface area contributed by atoms with Gasteiger partial charge in [-0.15, -0.1) is 33.3 Å². The van der Waals surface area contributed by atoms with Gasteiger partial charge in [-0.05, 0) is 29.8 Å². The Morgan fingerprint density at radius 2 is 2.02 bits per heavy atom. The van der Waals surface area contributed by atoms with Crippen molar-refractivity contribution >= 4 is 63.5 Å². The van der Waals surface area contributed by atoms with E-state index in [4.69, 9.17) is 15.3 Å². The summed E-state index contributed by atoms with van der Waals surface area (Å²) in [5.74, 6) is -0.673. The van der Waals surface area contributed by atoms with Crippen molar-refractivity contribution in [1.82, 2.24) is 24.6 Å². The van der Waals surface area contributed by atoms with Crippen LogP contribution in [0.1, 0.15) is 5.69 Å². The fourth-order valence-electron chi connectivity index (χ4n) is 4.21. The number of hydrogen-bond donors (Lipinski definition) is 2. The number of hydrogen-bond acceptors (Lipinski definition) is 14. The number of thioether (sulfide) groups is 2. The van der Waals surface area contributed by atoms with E-state index in [1.807, 2.05) is 35.9 Å². The van der Waals surface area contributed by atoms with Crippen molar-refractivity contribution in [3.05, 3.63) is 46.6 Å². The first-order valence-corrected chi connectivity index (χ1v) is 14.8. The molecule has 0 bridgehead atoms. The summed E-state index contributed by atoms with van der Waals surface area (Å²) < 4.78 is 7.02. The van der Waals surface area contributed by atoms with E-state index in [1.54, 1.807) is 7.11 Å². The number of aliphatic carboxylic acids is 1. The van der Waals surface area contributed by atoms with Gasteiger partial charge < -0.3 is 30.1 Å². The molecule has 18 heteroatoms.